The summed E-state index contributed by atoms with van der Waals surface area (Å²) in [5, 5.41) is 7.17. The van der Waals surface area contributed by atoms with Crippen LogP contribution in [-0.2, 0) is 0 Å². The Labute approximate surface area is 131 Å². The van der Waals surface area contributed by atoms with Crippen molar-refractivity contribution < 1.29 is 9.32 Å². The smallest absolute Gasteiger partial charge is 0.318 e. The average molecular weight is 306 g/mol. The van der Waals surface area contributed by atoms with Crippen LogP contribution in [0.1, 0.15) is 50.1 Å². The fraction of sp³-hybridized carbons (Fsp3) is 0.750. The number of amides is 2. The van der Waals surface area contributed by atoms with E-state index in [0.717, 1.165) is 63.3 Å². The van der Waals surface area contributed by atoms with E-state index in [1.54, 1.807) is 0 Å². The Morgan fingerprint density at radius 2 is 2.23 bits per heavy atom. The molecule has 0 bridgehead atoms. The van der Waals surface area contributed by atoms with Crippen LogP contribution in [0.2, 0.25) is 0 Å². The zero-order valence-electron chi connectivity index (χ0n) is 13.5. The minimum absolute atomic E-state index is 0.0343. The number of nitrogens with zero attached hydrogens (tertiary/aromatic N) is 3. The molecule has 3 rings (SSSR count). The fourth-order valence-corrected chi connectivity index (χ4v) is 3.56. The average Bonchev–Trinajstić information content (AvgIpc) is 3.15. The predicted octanol–water partition coefficient (Wildman–Crippen LogP) is 2.31. The highest BCUT2D eigenvalue weighted by Gasteiger charge is 2.34. The summed E-state index contributed by atoms with van der Waals surface area (Å²) in [4.78, 5) is 16.9. The molecular formula is C16H26N4O2. The van der Waals surface area contributed by atoms with Crippen molar-refractivity contribution in [1.82, 2.24) is 20.3 Å². The molecule has 2 atom stereocenters. The number of hydrogen-bond donors (Lipinski definition) is 1. The molecule has 2 aliphatic heterocycles. The van der Waals surface area contributed by atoms with Crippen LogP contribution in [0.25, 0.3) is 0 Å². The lowest BCUT2D eigenvalue weighted by Crippen LogP contribution is -2.51. The van der Waals surface area contributed by atoms with E-state index in [9.17, 15) is 4.79 Å². The summed E-state index contributed by atoms with van der Waals surface area (Å²) in [6, 6.07) is 2.28. The van der Waals surface area contributed by atoms with E-state index in [4.69, 9.17) is 4.52 Å². The molecule has 0 spiro atoms. The molecule has 6 nitrogen and oxygen atoms in total. The van der Waals surface area contributed by atoms with Gasteiger partial charge in [-0.05, 0) is 45.7 Å². The highest BCUT2D eigenvalue weighted by atomic mass is 16.5. The summed E-state index contributed by atoms with van der Waals surface area (Å²) >= 11 is 0. The predicted molar refractivity (Wildman–Crippen MR) is 83.6 cm³/mol. The number of nitrogens with one attached hydrogen (secondary N) is 1. The summed E-state index contributed by atoms with van der Waals surface area (Å²) in [5.74, 6) is 0.809. The number of rotatable bonds is 3. The number of likely N-dealkylation sites (tertiary alicyclic amines) is 2. The van der Waals surface area contributed by atoms with Gasteiger partial charge in [0.2, 0.25) is 0 Å². The SMILES string of the molecule is CCN1CCC[C@H](NC(=O)N2CCC[C@@H]2c2cc(C)no2)C1. The van der Waals surface area contributed by atoms with E-state index < -0.39 is 0 Å². The lowest BCUT2D eigenvalue weighted by molar-refractivity contribution is 0.161. The van der Waals surface area contributed by atoms with Crippen molar-refractivity contribution in [3.63, 3.8) is 0 Å². The highest BCUT2D eigenvalue weighted by Crippen LogP contribution is 2.32. The molecule has 0 radical (unpaired) electrons. The molecule has 3 heterocycles. The topological polar surface area (TPSA) is 61.6 Å². The second kappa shape index (κ2) is 6.69. The fourth-order valence-electron chi connectivity index (χ4n) is 3.56. The van der Waals surface area contributed by atoms with Gasteiger partial charge in [-0.2, -0.15) is 0 Å². The third-order valence-electron chi connectivity index (χ3n) is 4.77. The Morgan fingerprint density at radius 3 is 2.95 bits per heavy atom. The highest BCUT2D eigenvalue weighted by molar-refractivity contribution is 5.75. The molecule has 1 aromatic heterocycles. The molecule has 22 heavy (non-hydrogen) atoms. The zero-order chi connectivity index (χ0) is 15.5. The minimum Gasteiger partial charge on any atom is -0.359 e. The first-order chi connectivity index (χ1) is 10.7. The third-order valence-corrected chi connectivity index (χ3v) is 4.77. The number of hydrogen-bond acceptors (Lipinski definition) is 4. The van der Waals surface area contributed by atoms with Crippen LogP contribution in [0.15, 0.2) is 10.6 Å². The molecule has 2 saturated heterocycles. The van der Waals surface area contributed by atoms with E-state index in [1.165, 1.54) is 0 Å². The number of carbonyl (C=O) groups excluding carboxylic acids is 1. The largest absolute Gasteiger partial charge is 0.359 e. The van der Waals surface area contributed by atoms with Crippen molar-refractivity contribution in [2.75, 3.05) is 26.2 Å². The van der Waals surface area contributed by atoms with Crippen LogP contribution in [-0.4, -0.2) is 53.2 Å². The number of aryl methyl sites for hydroxylation is 1. The molecule has 0 aromatic carbocycles. The van der Waals surface area contributed by atoms with Crippen LogP contribution in [0.3, 0.4) is 0 Å². The molecule has 122 valence electrons. The van der Waals surface area contributed by atoms with Gasteiger partial charge in [0.05, 0.1) is 11.7 Å². The van der Waals surface area contributed by atoms with Crippen LogP contribution in [0.4, 0.5) is 4.79 Å². The van der Waals surface area contributed by atoms with Crippen LogP contribution in [0, 0.1) is 6.92 Å². The lowest BCUT2D eigenvalue weighted by Gasteiger charge is -2.34. The van der Waals surface area contributed by atoms with Crippen molar-refractivity contribution in [3.05, 3.63) is 17.5 Å². The summed E-state index contributed by atoms with van der Waals surface area (Å²) in [5.41, 5.74) is 0.869. The van der Waals surface area contributed by atoms with Crippen molar-refractivity contribution in [2.45, 2.75) is 51.6 Å². The molecule has 2 amide bonds. The number of carbonyl (C=O) groups is 1. The van der Waals surface area contributed by atoms with E-state index in [0.29, 0.717) is 0 Å². The molecule has 0 saturated carbocycles. The standard InChI is InChI=1S/C16H26N4O2/c1-3-19-8-4-6-13(11-19)17-16(21)20-9-5-7-14(20)15-10-12(2)18-22-15/h10,13-14H,3-9,11H2,1-2H3,(H,17,21)/t13-,14+/m0/s1. The summed E-state index contributed by atoms with van der Waals surface area (Å²) in [6.07, 6.45) is 4.20. The third kappa shape index (κ3) is 3.27. The van der Waals surface area contributed by atoms with Gasteiger partial charge in [-0.1, -0.05) is 12.1 Å². The van der Waals surface area contributed by atoms with Gasteiger partial charge >= 0.3 is 6.03 Å². The number of likely N-dealkylation sites (N-methyl/N-ethyl adjacent to an activating group) is 1. The van der Waals surface area contributed by atoms with Gasteiger partial charge in [-0.15, -0.1) is 0 Å². The van der Waals surface area contributed by atoms with Gasteiger partial charge in [0.1, 0.15) is 0 Å². The molecule has 1 N–H and O–H groups in total. The van der Waals surface area contributed by atoms with Crippen molar-refractivity contribution in [2.24, 2.45) is 0 Å². The molecule has 0 aliphatic carbocycles. The summed E-state index contributed by atoms with van der Waals surface area (Å²) in [6.45, 7) is 8.03. The number of aromatic nitrogens is 1. The molecule has 2 aliphatic rings. The first-order valence-corrected chi connectivity index (χ1v) is 8.40. The van der Waals surface area contributed by atoms with Crippen LogP contribution < -0.4 is 5.32 Å². The number of piperidine rings is 1. The maximum Gasteiger partial charge on any atom is 0.318 e. The molecular weight excluding hydrogens is 280 g/mol. The van der Waals surface area contributed by atoms with Gasteiger partial charge in [0.15, 0.2) is 5.76 Å². The molecule has 2 fully saturated rings. The van der Waals surface area contributed by atoms with Crippen molar-refractivity contribution in [1.29, 1.82) is 0 Å². The van der Waals surface area contributed by atoms with Gasteiger partial charge in [0.25, 0.3) is 0 Å². The van der Waals surface area contributed by atoms with Crippen molar-refractivity contribution >= 4 is 6.03 Å². The van der Waals surface area contributed by atoms with Gasteiger partial charge < -0.3 is 19.6 Å². The molecule has 1 aromatic rings. The van der Waals surface area contributed by atoms with Gasteiger partial charge in [0, 0.05) is 25.2 Å². The Balaban J connectivity index is 1.61. The van der Waals surface area contributed by atoms with E-state index in [2.05, 4.69) is 22.3 Å². The van der Waals surface area contributed by atoms with Crippen LogP contribution in [0.5, 0.6) is 0 Å². The van der Waals surface area contributed by atoms with E-state index >= 15 is 0 Å². The summed E-state index contributed by atoms with van der Waals surface area (Å²) < 4.78 is 5.37. The van der Waals surface area contributed by atoms with E-state index in [1.807, 2.05) is 17.9 Å². The molecule has 0 unspecified atom stereocenters. The second-order valence-electron chi connectivity index (χ2n) is 6.40. The lowest BCUT2D eigenvalue weighted by atomic mass is 10.1. The normalized spacial score (nSPS) is 26.4. The van der Waals surface area contributed by atoms with Crippen LogP contribution >= 0.6 is 0 Å². The Morgan fingerprint density at radius 1 is 1.41 bits per heavy atom. The van der Waals surface area contributed by atoms with Gasteiger partial charge in [-0.25, -0.2) is 4.79 Å². The maximum atomic E-state index is 12.6. The van der Waals surface area contributed by atoms with E-state index in [-0.39, 0.29) is 18.1 Å². The Bertz CT molecular complexity index is 516. The monoisotopic (exact) mass is 306 g/mol. The number of urea groups is 1. The summed E-state index contributed by atoms with van der Waals surface area (Å²) in [7, 11) is 0. The van der Waals surface area contributed by atoms with Crippen molar-refractivity contribution in [3.8, 4) is 0 Å². The minimum atomic E-state index is 0.0343. The van der Waals surface area contributed by atoms with Gasteiger partial charge in [-0.3, -0.25) is 0 Å². The Kier molecular flexibility index (Phi) is 4.66. The quantitative estimate of drug-likeness (QED) is 0.931. The first-order valence-electron chi connectivity index (χ1n) is 8.40. The maximum absolute atomic E-state index is 12.6. The second-order valence-corrected chi connectivity index (χ2v) is 6.40. The Hall–Kier alpha value is -1.56. The zero-order valence-corrected chi connectivity index (χ0v) is 13.5. The first kappa shape index (κ1) is 15.3. The molecule has 6 heteroatoms.